The molecule has 0 unspecified atom stereocenters. The van der Waals surface area contributed by atoms with Crippen LogP contribution < -0.4 is 5.73 Å². The van der Waals surface area contributed by atoms with Crippen molar-refractivity contribution >= 4 is 6.29 Å². The molecule has 0 saturated heterocycles. The smallest absolute Gasteiger partial charge is 0.120 e. The molecule has 2 nitrogen and oxygen atoms in total. The van der Waals surface area contributed by atoms with Crippen LogP contribution in [0.15, 0.2) is 0 Å². The quantitative estimate of drug-likeness (QED) is 0.395. The van der Waals surface area contributed by atoms with Crippen LogP contribution in [0.25, 0.3) is 0 Å². The van der Waals surface area contributed by atoms with Crippen molar-refractivity contribution in [1.29, 1.82) is 0 Å². The Bertz CT molecular complexity index is 40.7. The van der Waals surface area contributed by atoms with Crippen LogP contribution >= 0.6 is 0 Å². The van der Waals surface area contributed by atoms with Crippen LogP contribution in [-0.4, -0.2) is 12.8 Å². The Labute approximate surface area is 38.8 Å². The minimum Gasteiger partial charge on any atom is -0.330 e. The lowest BCUT2D eigenvalue weighted by Gasteiger charge is -1.79. The molecule has 38 valence electrons. The summed E-state index contributed by atoms with van der Waals surface area (Å²) in [5, 5.41) is 0. The van der Waals surface area contributed by atoms with Gasteiger partial charge in [-0.25, -0.2) is 0 Å². The topological polar surface area (TPSA) is 43.1 Å². The normalized spacial score (nSPS) is 8.17. The largest absolute Gasteiger partial charge is 0.330 e. The molecular formula is C4H11NO. The van der Waals surface area contributed by atoms with E-state index in [0.29, 0.717) is 13.0 Å². The van der Waals surface area contributed by atoms with Crippen molar-refractivity contribution in [3.63, 3.8) is 0 Å². The highest BCUT2D eigenvalue weighted by molar-refractivity contribution is 5.48. The van der Waals surface area contributed by atoms with Crippen LogP contribution in [0.3, 0.4) is 0 Å². The van der Waals surface area contributed by atoms with E-state index in [1.165, 1.54) is 0 Å². The number of aldehydes is 1. The molecule has 6 heavy (non-hydrogen) atoms. The summed E-state index contributed by atoms with van der Waals surface area (Å²) in [5.41, 5.74) is 5.06. The SMILES string of the molecule is NCCCC=O.[HH]. The number of carbonyl (C=O) groups excluding carboxylic acids is 1. The number of carbonyl (C=O) groups is 1. The summed E-state index contributed by atoms with van der Waals surface area (Å²) in [6, 6.07) is 0. The molecule has 0 bridgehead atoms. The summed E-state index contributed by atoms with van der Waals surface area (Å²) in [4.78, 5) is 9.51. The highest BCUT2D eigenvalue weighted by Crippen LogP contribution is 1.75. The maximum Gasteiger partial charge on any atom is 0.120 e. The molecule has 0 heterocycles. The first-order chi connectivity index (χ1) is 2.91. The highest BCUT2D eigenvalue weighted by atomic mass is 16.1. The lowest BCUT2D eigenvalue weighted by atomic mass is 10.3. The van der Waals surface area contributed by atoms with Crippen molar-refractivity contribution in [3.05, 3.63) is 0 Å². The van der Waals surface area contributed by atoms with Gasteiger partial charge < -0.3 is 10.5 Å². The van der Waals surface area contributed by atoms with Gasteiger partial charge in [-0.15, -0.1) is 0 Å². The number of hydrogen-bond acceptors (Lipinski definition) is 2. The maximum absolute atomic E-state index is 9.51. The molecule has 0 aliphatic heterocycles. The lowest BCUT2D eigenvalue weighted by molar-refractivity contribution is -0.107. The molecule has 0 fully saturated rings. The Hall–Kier alpha value is -0.370. The van der Waals surface area contributed by atoms with E-state index < -0.39 is 0 Å². The van der Waals surface area contributed by atoms with E-state index in [0.717, 1.165) is 12.7 Å². The van der Waals surface area contributed by atoms with E-state index in [2.05, 4.69) is 0 Å². The molecule has 0 aliphatic rings. The monoisotopic (exact) mass is 89.1 g/mol. The Balaban J connectivity index is 0. The van der Waals surface area contributed by atoms with Crippen molar-refractivity contribution in [2.24, 2.45) is 5.73 Å². The third-order valence-electron chi connectivity index (χ3n) is 0.526. The van der Waals surface area contributed by atoms with Gasteiger partial charge in [0.05, 0.1) is 0 Å². The second kappa shape index (κ2) is 4.63. The molecule has 0 atom stereocenters. The fourth-order valence-electron chi connectivity index (χ4n) is 0.201. The van der Waals surface area contributed by atoms with E-state index in [9.17, 15) is 4.79 Å². The molecule has 2 N–H and O–H groups in total. The van der Waals surface area contributed by atoms with Crippen LogP contribution in [0.1, 0.15) is 14.3 Å². The van der Waals surface area contributed by atoms with Gasteiger partial charge in [0.25, 0.3) is 0 Å². The maximum atomic E-state index is 9.51. The zero-order valence-electron chi connectivity index (χ0n) is 3.68. The van der Waals surface area contributed by atoms with Gasteiger partial charge in [-0.3, -0.25) is 0 Å². The van der Waals surface area contributed by atoms with Crippen LogP contribution in [0.5, 0.6) is 0 Å². The molecule has 0 radical (unpaired) electrons. The predicted octanol–water partition coefficient (Wildman–Crippen LogP) is 0.170. The summed E-state index contributed by atoms with van der Waals surface area (Å²) < 4.78 is 0. The predicted molar refractivity (Wildman–Crippen MR) is 26.5 cm³/mol. The molecule has 0 saturated carbocycles. The Morgan fingerprint density at radius 2 is 2.50 bits per heavy atom. The van der Waals surface area contributed by atoms with E-state index in [4.69, 9.17) is 5.73 Å². The first-order valence-electron chi connectivity index (χ1n) is 2.05. The minimum absolute atomic E-state index is 0. The zero-order chi connectivity index (χ0) is 4.83. The summed E-state index contributed by atoms with van der Waals surface area (Å²) >= 11 is 0. The molecule has 0 aromatic carbocycles. The van der Waals surface area contributed by atoms with E-state index in [1.54, 1.807) is 0 Å². The van der Waals surface area contributed by atoms with Crippen molar-refractivity contribution in [2.75, 3.05) is 6.54 Å². The lowest BCUT2D eigenvalue weighted by Crippen LogP contribution is -1.97. The Morgan fingerprint density at radius 3 is 2.67 bits per heavy atom. The van der Waals surface area contributed by atoms with E-state index in [-0.39, 0.29) is 1.43 Å². The van der Waals surface area contributed by atoms with Gasteiger partial charge in [0.1, 0.15) is 6.29 Å². The van der Waals surface area contributed by atoms with Gasteiger partial charge in [-0.05, 0) is 13.0 Å². The van der Waals surface area contributed by atoms with Crippen molar-refractivity contribution in [1.82, 2.24) is 0 Å². The van der Waals surface area contributed by atoms with Crippen molar-refractivity contribution in [2.45, 2.75) is 12.8 Å². The van der Waals surface area contributed by atoms with Gasteiger partial charge in [0.15, 0.2) is 0 Å². The third-order valence-corrected chi connectivity index (χ3v) is 0.526. The van der Waals surface area contributed by atoms with Crippen molar-refractivity contribution in [3.8, 4) is 0 Å². The van der Waals surface area contributed by atoms with Gasteiger partial charge in [-0.1, -0.05) is 0 Å². The van der Waals surface area contributed by atoms with Gasteiger partial charge in [0.2, 0.25) is 0 Å². The summed E-state index contributed by atoms with van der Waals surface area (Å²) in [6.07, 6.45) is 2.31. The molecule has 0 aromatic heterocycles. The number of nitrogens with two attached hydrogens (primary N) is 1. The van der Waals surface area contributed by atoms with Crippen LogP contribution in [0.4, 0.5) is 0 Å². The fraction of sp³-hybridized carbons (Fsp3) is 0.750. The highest BCUT2D eigenvalue weighted by Gasteiger charge is 1.74. The van der Waals surface area contributed by atoms with Crippen LogP contribution in [-0.2, 0) is 4.79 Å². The Morgan fingerprint density at radius 1 is 1.83 bits per heavy atom. The van der Waals surface area contributed by atoms with Crippen LogP contribution in [0.2, 0.25) is 0 Å². The second-order valence-electron chi connectivity index (χ2n) is 1.10. The van der Waals surface area contributed by atoms with E-state index in [1.807, 2.05) is 0 Å². The molecule has 0 rings (SSSR count). The first kappa shape index (κ1) is 5.63. The number of unbranched alkanes of at least 4 members (excludes halogenated alkanes) is 1. The van der Waals surface area contributed by atoms with Crippen LogP contribution in [0, 0.1) is 0 Å². The third kappa shape index (κ3) is 3.63. The average molecular weight is 89.1 g/mol. The van der Waals surface area contributed by atoms with Gasteiger partial charge in [-0.2, -0.15) is 0 Å². The van der Waals surface area contributed by atoms with Crippen molar-refractivity contribution < 1.29 is 6.22 Å². The molecule has 0 aliphatic carbocycles. The average Bonchev–Trinajstić information content (AvgIpc) is 1.61. The summed E-state index contributed by atoms with van der Waals surface area (Å²) in [6.45, 7) is 0.624. The first-order valence-corrected chi connectivity index (χ1v) is 2.05. The molecule has 0 aromatic rings. The second-order valence-corrected chi connectivity index (χ2v) is 1.10. The fourth-order valence-corrected chi connectivity index (χ4v) is 0.201. The molecule has 0 amide bonds. The number of hydrogen-bond donors (Lipinski definition) is 1. The molecule has 0 spiro atoms. The standard InChI is InChI=1S/C4H9NO.H2/c5-3-1-2-4-6;/h4H,1-3,5H2;1H. The molecule has 2 heteroatoms. The van der Waals surface area contributed by atoms with Gasteiger partial charge >= 0.3 is 0 Å². The summed E-state index contributed by atoms with van der Waals surface area (Å²) in [7, 11) is 0. The molecular weight excluding hydrogens is 78.0 g/mol. The number of rotatable bonds is 3. The van der Waals surface area contributed by atoms with Gasteiger partial charge in [0, 0.05) is 7.85 Å². The summed E-state index contributed by atoms with van der Waals surface area (Å²) in [5.74, 6) is 0. The minimum atomic E-state index is 0. The van der Waals surface area contributed by atoms with E-state index >= 15 is 0 Å². The zero-order valence-corrected chi connectivity index (χ0v) is 3.68. The Kier molecular flexibility index (Phi) is 4.34.